The molecule has 1 fully saturated rings. The first-order valence-corrected chi connectivity index (χ1v) is 12.0. The van der Waals surface area contributed by atoms with Gasteiger partial charge in [-0.15, -0.1) is 0 Å². The Kier molecular flexibility index (Phi) is 7.48. The molecule has 2 heterocycles. The van der Waals surface area contributed by atoms with Crippen molar-refractivity contribution >= 4 is 5.91 Å². The number of nitrogens with zero attached hydrogens (tertiary/aromatic N) is 3. The fraction of sp³-hybridized carbons (Fsp3) is 0.393. The minimum atomic E-state index is -0.719. The molecule has 1 aliphatic rings. The smallest absolute Gasteiger partial charge is 0.254 e. The maximum Gasteiger partial charge on any atom is 0.254 e. The van der Waals surface area contributed by atoms with Crippen LogP contribution >= 0.6 is 0 Å². The van der Waals surface area contributed by atoms with Crippen LogP contribution in [0.1, 0.15) is 54.0 Å². The van der Waals surface area contributed by atoms with Gasteiger partial charge in [0.2, 0.25) is 0 Å². The molecule has 1 amide bonds. The monoisotopic (exact) mass is 474 g/mol. The normalized spacial score (nSPS) is 16.0. The zero-order valence-corrected chi connectivity index (χ0v) is 20.7. The molecule has 0 radical (unpaired) electrons. The molecule has 184 valence electrons. The van der Waals surface area contributed by atoms with Crippen molar-refractivity contribution in [3.05, 3.63) is 89.5 Å². The summed E-state index contributed by atoms with van der Waals surface area (Å²) in [6.45, 7) is 6.10. The van der Waals surface area contributed by atoms with Crippen LogP contribution in [0.15, 0.2) is 67.0 Å². The van der Waals surface area contributed by atoms with Crippen LogP contribution in [0.2, 0.25) is 0 Å². The third-order valence-corrected chi connectivity index (χ3v) is 6.77. The van der Waals surface area contributed by atoms with E-state index in [-0.39, 0.29) is 17.9 Å². The van der Waals surface area contributed by atoms with Crippen LogP contribution < -0.4 is 10.1 Å². The first-order valence-electron chi connectivity index (χ1n) is 12.0. The molecule has 7 nitrogen and oxygen atoms in total. The molecule has 7 heteroatoms. The van der Waals surface area contributed by atoms with Gasteiger partial charge in [0.25, 0.3) is 5.91 Å². The number of carbonyl (C=O) groups is 1. The molecule has 1 saturated heterocycles. The molecular formula is C28H34N4O3. The van der Waals surface area contributed by atoms with Crippen molar-refractivity contribution in [1.29, 1.82) is 0 Å². The van der Waals surface area contributed by atoms with Crippen LogP contribution in [0.3, 0.4) is 0 Å². The van der Waals surface area contributed by atoms with E-state index in [1.54, 1.807) is 33.4 Å². The standard InChI is InChI=1S/C28H34N4O3/c1-27(2,20-33)31-25(34)22-17-29-26(30-18-22)28(23-10-7-11-24(16-23)35-3)12-14-32(15-13-28)19-21-8-5-4-6-9-21/h4-11,16-18,33H,12-15,19-20H2,1-3H3,(H,31,34). The summed E-state index contributed by atoms with van der Waals surface area (Å²) in [6, 6.07) is 18.6. The van der Waals surface area contributed by atoms with Gasteiger partial charge in [-0.3, -0.25) is 9.69 Å². The molecule has 0 atom stereocenters. The van der Waals surface area contributed by atoms with Gasteiger partial charge in [-0.2, -0.15) is 0 Å². The molecule has 0 spiro atoms. The van der Waals surface area contributed by atoms with Crippen molar-refractivity contribution in [2.75, 3.05) is 26.8 Å². The predicted octanol–water partition coefficient (Wildman–Crippen LogP) is 3.57. The Hall–Kier alpha value is -3.29. The molecule has 0 unspecified atom stereocenters. The summed E-state index contributed by atoms with van der Waals surface area (Å²) in [5, 5.41) is 12.3. The largest absolute Gasteiger partial charge is 0.497 e. The van der Waals surface area contributed by atoms with E-state index in [0.717, 1.165) is 43.8 Å². The summed E-state index contributed by atoms with van der Waals surface area (Å²) in [5.74, 6) is 1.21. The number of aliphatic hydroxyl groups is 1. The molecule has 2 aromatic carbocycles. The van der Waals surface area contributed by atoms with Crippen LogP contribution in [0, 0.1) is 0 Å². The Morgan fingerprint density at radius 1 is 1.09 bits per heavy atom. The topological polar surface area (TPSA) is 87.6 Å². The first kappa shape index (κ1) is 24.8. The highest BCUT2D eigenvalue weighted by molar-refractivity contribution is 5.94. The fourth-order valence-corrected chi connectivity index (χ4v) is 4.61. The van der Waals surface area contributed by atoms with Gasteiger partial charge in [0.1, 0.15) is 11.6 Å². The van der Waals surface area contributed by atoms with Gasteiger partial charge in [-0.25, -0.2) is 9.97 Å². The summed E-state index contributed by atoms with van der Waals surface area (Å²) >= 11 is 0. The second-order valence-electron chi connectivity index (χ2n) is 9.87. The lowest BCUT2D eigenvalue weighted by atomic mass is 9.71. The van der Waals surface area contributed by atoms with Crippen molar-refractivity contribution in [1.82, 2.24) is 20.2 Å². The molecule has 1 aromatic heterocycles. The summed E-state index contributed by atoms with van der Waals surface area (Å²) in [5.41, 5.74) is 1.70. The van der Waals surface area contributed by atoms with Gasteiger partial charge >= 0.3 is 0 Å². The number of piperidine rings is 1. The first-order chi connectivity index (χ1) is 16.8. The molecule has 35 heavy (non-hydrogen) atoms. The molecule has 0 bridgehead atoms. The highest BCUT2D eigenvalue weighted by Gasteiger charge is 2.40. The number of likely N-dealkylation sites (tertiary alicyclic amines) is 1. The SMILES string of the molecule is COc1cccc(C2(c3ncc(C(=O)NC(C)(C)CO)cn3)CCN(Cc3ccccc3)CC2)c1. The number of aromatic nitrogens is 2. The lowest BCUT2D eigenvalue weighted by Gasteiger charge is -2.41. The summed E-state index contributed by atoms with van der Waals surface area (Å²) < 4.78 is 5.51. The average Bonchev–Trinajstić information content (AvgIpc) is 2.90. The summed E-state index contributed by atoms with van der Waals surface area (Å²) in [7, 11) is 1.67. The van der Waals surface area contributed by atoms with Gasteiger partial charge < -0.3 is 15.2 Å². The number of aliphatic hydroxyl groups excluding tert-OH is 1. The average molecular weight is 475 g/mol. The quantitative estimate of drug-likeness (QED) is 0.519. The summed E-state index contributed by atoms with van der Waals surface area (Å²) in [4.78, 5) is 24.5. The molecule has 0 saturated carbocycles. The Morgan fingerprint density at radius 2 is 1.77 bits per heavy atom. The predicted molar refractivity (Wildman–Crippen MR) is 135 cm³/mol. The zero-order valence-electron chi connectivity index (χ0n) is 20.7. The van der Waals surface area contributed by atoms with Crippen LogP contribution in [-0.2, 0) is 12.0 Å². The van der Waals surface area contributed by atoms with Crippen LogP contribution in [0.25, 0.3) is 0 Å². The number of hydrogen-bond donors (Lipinski definition) is 2. The van der Waals surface area contributed by atoms with Crippen molar-refractivity contribution in [3.63, 3.8) is 0 Å². The van der Waals surface area contributed by atoms with E-state index in [0.29, 0.717) is 11.4 Å². The third-order valence-electron chi connectivity index (χ3n) is 6.77. The number of carbonyl (C=O) groups excluding carboxylic acids is 1. The van der Waals surface area contributed by atoms with E-state index in [1.165, 1.54) is 5.56 Å². The summed E-state index contributed by atoms with van der Waals surface area (Å²) in [6.07, 6.45) is 4.89. The van der Waals surface area contributed by atoms with Crippen LogP contribution in [-0.4, -0.2) is 58.2 Å². The van der Waals surface area contributed by atoms with Gasteiger partial charge in [0.15, 0.2) is 0 Å². The second kappa shape index (κ2) is 10.5. The van der Waals surface area contributed by atoms with E-state index in [2.05, 4.69) is 46.6 Å². The van der Waals surface area contributed by atoms with E-state index >= 15 is 0 Å². The lowest BCUT2D eigenvalue weighted by Crippen LogP contribution is -2.46. The third kappa shape index (κ3) is 5.69. The number of amides is 1. The van der Waals surface area contributed by atoms with Crippen molar-refractivity contribution in [3.8, 4) is 5.75 Å². The zero-order chi connectivity index (χ0) is 24.9. The number of benzene rings is 2. The van der Waals surface area contributed by atoms with Gasteiger partial charge in [-0.1, -0.05) is 42.5 Å². The van der Waals surface area contributed by atoms with Crippen molar-refractivity contribution in [2.45, 2.75) is 44.2 Å². The van der Waals surface area contributed by atoms with Crippen LogP contribution in [0.4, 0.5) is 0 Å². The van der Waals surface area contributed by atoms with Gasteiger partial charge in [0.05, 0.1) is 30.2 Å². The van der Waals surface area contributed by atoms with Crippen LogP contribution in [0.5, 0.6) is 5.75 Å². The Labute approximate surface area is 207 Å². The molecule has 0 aliphatic carbocycles. The Morgan fingerprint density at radius 3 is 2.40 bits per heavy atom. The Bertz CT molecular complexity index is 1120. The van der Waals surface area contributed by atoms with E-state index in [9.17, 15) is 9.90 Å². The maximum atomic E-state index is 12.6. The minimum Gasteiger partial charge on any atom is -0.497 e. The number of methoxy groups -OCH3 is 1. The van der Waals surface area contributed by atoms with E-state index in [4.69, 9.17) is 14.7 Å². The number of hydrogen-bond acceptors (Lipinski definition) is 6. The van der Waals surface area contributed by atoms with Gasteiger partial charge in [-0.05, 0) is 63.0 Å². The number of rotatable bonds is 8. The highest BCUT2D eigenvalue weighted by Crippen LogP contribution is 2.41. The van der Waals surface area contributed by atoms with Gasteiger partial charge in [0, 0.05) is 18.9 Å². The molecule has 3 aromatic rings. The number of ether oxygens (including phenoxy) is 1. The molecule has 2 N–H and O–H groups in total. The number of nitrogens with one attached hydrogen (secondary N) is 1. The van der Waals surface area contributed by atoms with Crippen molar-refractivity contribution < 1.29 is 14.6 Å². The fourth-order valence-electron chi connectivity index (χ4n) is 4.61. The minimum absolute atomic E-state index is 0.157. The molecule has 1 aliphatic heterocycles. The van der Waals surface area contributed by atoms with E-state index < -0.39 is 5.54 Å². The Balaban J connectivity index is 1.60. The molecule has 4 rings (SSSR count). The van der Waals surface area contributed by atoms with E-state index in [1.807, 2.05) is 18.2 Å². The maximum absolute atomic E-state index is 12.6. The lowest BCUT2D eigenvalue weighted by molar-refractivity contribution is 0.0868. The second-order valence-corrected chi connectivity index (χ2v) is 9.87. The van der Waals surface area contributed by atoms with Crippen molar-refractivity contribution in [2.24, 2.45) is 0 Å². The highest BCUT2D eigenvalue weighted by atomic mass is 16.5. The molecular weight excluding hydrogens is 440 g/mol.